The standard InChI is InChI=1S/C27H32N4O2/c1-20-11-12-23(29-26(32)19-31-14-6-13-30(2)15-16-31)17-25(20)27(33)28-18-22-9-5-8-21-7-3-4-10-24(21)22/h3-5,7-12,17H,6,13-16,18-19H2,1-2H3,(H,28,33)(H,29,32). The zero-order valence-corrected chi connectivity index (χ0v) is 19.4. The quantitative estimate of drug-likeness (QED) is 0.609. The highest BCUT2D eigenvalue weighted by atomic mass is 16.2. The Bertz CT molecular complexity index is 1140. The topological polar surface area (TPSA) is 64.7 Å². The zero-order chi connectivity index (χ0) is 23.2. The summed E-state index contributed by atoms with van der Waals surface area (Å²) in [7, 11) is 2.11. The predicted octanol–water partition coefficient (Wildman–Crippen LogP) is 3.65. The summed E-state index contributed by atoms with van der Waals surface area (Å²) in [4.78, 5) is 30.0. The number of hydrogen-bond acceptors (Lipinski definition) is 4. The molecule has 1 saturated heterocycles. The van der Waals surface area contributed by atoms with Crippen molar-refractivity contribution < 1.29 is 9.59 Å². The number of hydrogen-bond donors (Lipinski definition) is 2. The Balaban J connectivity index is 1.39. The van der Waals surface area contributed by atoms with E-state index in [1.807, 2.05) is 43.3 Å². The molecule has 2 amide bonds. The van der Waals surface area contributed by atoms with Gasteiger partial charge in [-0.3, -0.25) is 14.5 Å². The summed E-state index contributed by atoms with van der Waals surface area (Å²) < 4.78 is 0. The van der Waals surface area contributed by atoms with Crippen LogP contribution in [-0.4, -0.2) is 61.4 Å². The van der Waals surface area contributed by atoms with Gasteiger partial charge in [-0.1, -0.05) is 48.5 Å². The van der Waals surface area contributed by atoms with E-state index in [1.54, 1.807) is 6.07 Å². The van der Waals surface area contributed by atoms with E-state index in [4.69, 9.17) is 0 Å². The summed E-state index contributed by atoms with van der Waals surface area (Å²) in [5, 5.41) is 8.30. The fraction of sp³-hybridized carbons (Fsp3) is 0.333. The van der Waals surface area contributed by atoms with Gasteiger partial charge in [0.05, 0.1) is 6.54 Å². The van der Waals surface area contributed by atoms with Gasteiger partial charge in [0.2, 0.25) is 5.91 Å². The first-order valence-corrected chi connectivity index (χ1v) is 11.6. The molecule has 6 nitrogen and oxygen atoms in total. The van der Waals surface area contributed by atoms with Crippen LogP contribution in [0, 0.1) is 6.92 Å². The first-order chi connectivity index (χ1) is 16.0. The zero-order valence-electron chi connectivity index (χ0n) is 19.4. The van der Waals surface area contributed by atoms with Crippen LogP contribution in [0.4, 0.5) is 5.69 Å². The van der Waals surface area contributed by atoms with E-state index < -0.39 is 0 Å². The maximum atomic E-state index is 13.0. The largest absolute Gasteiger partial charge is 0.348 e. The minimum absolute atomic E-state index is 0.0504. The van der Waals surface area contributed by atoms with Gasteiger partial charge in [0, 0.05) is 30.9 Å². The molecule has 0 aromatic heterocycles. The molecule has 1 fully saturated rings. The number of aryl methyl sites for hydroxylation is 1. The van der Waals surface area contributed by atoms with Crippen LogP contribution in [-0.2, 0) is 11.3 Å². The van der Waals surface area contributed by atoms with Crippen molar-refractivity contribution in [1.29, 1.82) is 0 Å². The van der Waals surface area contributed by atoms with Crippen LogP contribution < -0.4 is 10.6 Å². The lowest BCUT2D eigenvalue weighted by Crippen LogP contribution is -2.36. The molecule has 0 unspecified atom stereocenters. The highest BCUT2D eigenvalue weighted by Crippen LogP contribution is 2.19. The number of nitrogens with one attached hydrogen (secondary N) is 2. The van der Waals surface area contributed by atoms with E-state index in [0.717, 1.165) is 54.5 Å². The predicted molar refractivity (Wildman–Crippen MR) is 133 cm³/mol. The van der Waals surface area contributed by atoms with Crippen LogP contribution >= 0.6 is 0 Å². The second-order valence-electron chi connectivity index (χ2n) is 8.83. The van der Waals surface area contributed by atoms with Gasteiger partial charge in [-0.25, -0.2) is 0 Å². The molecule has 3 aromatic carbocycles. The Morgan fingerprint density at radius 3 is 2.64 bits per heavy atom. The van der Waals surface area contributed by atoms with Crippen LogP contribution in [0.3, 0.4) is 0 Å². The van der Waals surface area contributed by atoms with Gasteiger partial charge in [-0.05, 0) is 67.5 Å². The fourth-order valence-electron chi connectivity index (χ4n) is 4.32. The van der Waals surface area contributed by atoms with Crippen LogP contribution in [0.1, 0.15) is 27.9 Å². The molecule has 1 heterocycles. The van der Waals surface area contributed by atoms with E-state index in [0.29, 0.717) is 24.3 Å². The number of carbonyl (C=O) groups is 2. The van der Waals surface area contributed by atoms with Gasteiger partial charge in [0.25, 0.3) is 5.91 Å². The molecule has 1 aliphatic heterocycles. The minimum atomic E-state index is -0.146. The summed E-state index contributed by atoms with van der Waals surface area (Å²) in [5.41, 5.74) is 3.17. The van der Waals surface area contributed by atoms with Gasteiger partial charge in [-0.15, -0.1) is 0 Å². The average Bonchev–Trinajstić information content (AvgIpc) is 3.02. The van der Waals surface area contributed by atoms with Gasteiger partial charge in [-0.2, -0.15) is 0 Å². The molecule has 0 saturated carbocycles. The van der Waals surface area contributed by atoms with Gasteiger partial charge < -0.3 is 15.5 Å². The SMILES string of the molecule is Cc1ccc(NC(=O)CN2CCCN(C)CC2)cc1C(=O)NCc1cccc2ccccc12. The molecule has 0 radical (unpaired) electrons. The molecule has 0 aliphatic carbocycles. The molecule has 6 heteroatoms. The molecule has 172 valence electrons. The third-order valence-electron chi connectivity index (χ3n) is 6.26. The highest BCUT2D eigenvalue weighted by molar-refractivity contribution is 5.99. The molecular formula is C27H32N4O2. The van der Waals surface area contributed by atoms with Crippen molar-refractivity contribution >= 4 is 28.3 Å². The molecule has 0 bridgehead atoms. The number of benzene rings is 3. The maximum Gasteiger partial charge on any atom is 0.251 e. The number of likely N-dealkylation sites (N-methyl/N-ethyl adjacent to an activating group) is 1. The summed E-state index contributed by atoms with van der Waals surface area (Å²) in [6, 6.07) is 19.8. The van der Waals surface area contributed by atoms with E-state index in [2.05, 4.69) is 45.7 Å². The van der Waals surface area contributed by atoms with Crippen LogP contribution in [0.25, 0.3) is 10.8 Å². The van der Waals surface area contributed by atoms with Crippen LogP contribution in [0.15, 0.2) is 60.7 Å². The molecule has 1 aliphatic rings. The Kier molecular flexibility index (Phi) is 7.37. The first kappa shape index (κ1) is 23.0. The number of rotatable bonds is 6. The lowest BCUT2D eigenvalue weighted by molar-refractivity contribution is -0.117. The molecule has 3 aromatic rings. The van der Waals surface area contributed by atoms with Crippen molar-refractivity contribution in [2.24, 2.45) is 0 Å². The first-order valence-electron chi connectivity index (χ1n) is 11.6. The van der Waals surface area contributed by atoms with Crippen molar-refractivity contribution in [3.05, 3.63) is 77.4 Å². The van der Waals surface area contributed by atoms with Crippen molar-refractivity contribution in [2.75, 3.05) is 45.1 Å². The third kappa shape index (κ3) is 5.97. The minimum Gasteiger partial charge on any atom is -0.348 e. The monoisotopic (exact) mass is 444 g/mol. The summed E-state index contributed by atoms with van der Waals surface area (Å²) in [6.07, 6.45) is 1.06. The second-order valence-corrected chi connectivity index (χ2v) is 8.83. The van der Waals surface area contributed by atoms with Crippen molar-refractivity contribution in [2.45, 2.75) is 19.9 Å². The molecule has 2 N–H and O–H groups in total. The normalized spacial score (nSPS) is 15.2. The summed E-state index contributed by atoms with van der Waals surface area (Å²) >= 11 is 0. The number of fused-ring (bicyclic) bond motifs is 1. The van der Waals surface area contributed by atoms with E-state index in [9.17, 15) is 9.59 Å². The Morgan fingerprint density at radius 1 is 0.939 bits per heavy atom. The van der Waals surface area contributed by atoms with E-state index >= 15 is 0 Å². The summed E-state index contributed by atoms with van der Waals surface area (Å²) in [6.45, 7) is 6.56. The highest BCUT2D eigenvalue weighted by Gasteiger charge is 2.16. The number of amides is 2. The van der Waals surface area contributed by atoms with Crippen LogP contribution in [0.5, 0.6) is 0 Å². The Labute approximate surface area is 195 Å². The number of anilines is 1. The van der Waals surface area contributed by atoms with Crippen molar-refractivity contribution in [3.63, 3.8) is 0 Å². The Hall–Kier alpha value is -3.22. The van der Waals surface area contributed by atoms with E-state index in [1.165, 1.54) is 0 Å². The fourth-order valence-corrected chi connectivity index (χ4v) is 4.32. The smallest absolute Gasteiger partial charge is 0.251 e. The molecule has 33 heavy (non-hydrogen) atoms. The average molecular weight is 445 g/mol. The van der Waals surface area contributed by atoms with Crippen molar-refractivity contribution in [3.8, 4) is 0 Å². The van der Waals surface area contributed by atoms with Crippen LogP contribution in [0.2, 0.25) is 0 Å². The van der Waals surface area contributed by atoms with Gasteiger partial charge in [0.1, 0.15) is 0 Å². The second kappa shape index (κ2) is 10.6. The molecule has 0 spiro atoms. The number of nitrogens with zero attached hydrogens (tertiary/aromatic N) is 2. The molecule has 4 rings (SSSR count). The molecular weight excluding hydrogens is 412 g/mol. The van der Waals surface area contributed by atoms with Gasteiger partial charge >= 0.3 is 0 Å². The Morgan fingerprint density at radius 2 is 1.76 bits per heavy atom. The maximum absolute atomic E-state index is 13.0. The van der Waals surface area contributed by atoms with Crippen molar-refractivity contribution in [1.82, 2.24) is 15.1 Å². The lowest BCUT2D eigenvalue weighted by atomic mass is 10.0. The molecule has 0 atom stereocenters. The summed E-state index contributed by atoms with van der Waals surface area (Å²) in [5.74, 6) is -0.197. The van der Waals surface area contributed by atoms with Gasteiger partial charge in [0.15, 0.2) is 0 Å². The third-order valence-corrected chi connectivity index (χ3v) is 6.26. The number of carbonyl (C=O) groups excluding carboxylic acids is 2. The lowest BCUT2D eigenvalue weighted by Gasteiger charge is -2.19. The van der Waals surface area contributed by atoms with E-state index in [-0.39, 0.29) is 11.8 Å².